The van der Waals surface area contributed by atoms with Crippen LogP contribution >= 0.6 is 0 Å². The van der Waals surface area contributed by atoms with Gasteiger partial charge in [0.05, 0.1) is 24.3 Å². The maximum atomic E-state index is 9.74. The van der Waals surface area contributed by atoms with Gasteiger partial charge in [0.2, 0.25) is 0 Å². The molecule has 4 heteroatoms. The van der Waals surface area contributed by atoms with Gasteiger partial charge >= 0.3 is 0 Å². The zero-order valence-corrected chi connectivity index (χ0v) is 11.2. The summed E-state index contributed by atoms with van der Waals surface area (Å²) in [5.74, 6) is 0. The van der Waals surface area contributed by atoms with Gasteiger partial charge < -0.3 is 15.4 Å². The number of hydrogen-bond donors (Lipinski definition) is 3. The first kappa shape index (κ1) is 12.2. The van der Waals surface area contributed by atoms with Gasteiger partial charge in [0.15, 0.2) is 0 Å². The van der Waals surface area contributed by atoms with Crippen LogP contribution in [-0.2, 0) is 0 Å². The van der Waals surface area contributed by atoms with E-state index in [0.29, 0.717) is 6.04 Å². The van der Waals surface area contributed by atoms with E-state index in [0.717, 1.165) is 23.4 Å². The molecule has 19 heavy (non-hydrogen) atoms. The lowest BCUT2D eigenvalue weighted by Gasteiger charge is -2.49. The molecule has 0 radical (unpaired) electrons. The summed E-state index contributed by atoms with van der Waals surface area (Å²) in [7, 11) is 0. The molecule has 1 aliphatic carbocycles. The second-order valence-corrected chi connectivity index (χ2v) is 5.81. The van der Waals surface area contributed by atoms with E-state index in [1.54, 1.807) is 6.33 Å². The molecule has 1 aromatic carbocycles. The van der Waals surface area contributed by atoms with Crippen molar-refractivity contribution in [1.29, 1.82) is 0 Å². The first-order valence-corrected chi connectivity index (χ1v) is 6.61. The molecular weight excluding hydrogens is 238 g/mol. The van der Waals surface area contributed by atoms with E-state index in [4.69, 9.17) is 0 Å². The third-order valence-corrected chi connectivity index (χ3v) is 4.25. The average Bonchev–Trinajstić information content (AvgIpc) is 2.93. The zero-order valence-electron chi connectivity index (χ0n) is 11.2. The van der Waals surface area contributed by atoms with Crippen molar-refractivity contribution in [2.24, 2.45) is 5.41 Å². The maximum absolute atomic E-state index is 9.74. The predicted octanol–water partition coefficient (Wildman–Crippen LogP) is 2.65. The fraction of sp³-hybridized carbons (Fsp3) is 0.400. The molecule has 1 fully saturated rings. The molecule has 0 spiro atoms. The quantitative estimate of drug-likeness (QED) is 0.792. The monoisotopic (exact) mass is 257 g/mol. The molecule has 0 saturated heterocycles. The molecule has 1 heterocycles. The Morgan fingerprint density at radius 3 is 2.58 bits per heavy atom. The van der Waals surface area contributed by atoms with Crippen molar-refractivity contribution >= 4 is 5.69 Å². The van der Waals surface area contributed by atoms with E-state index in [-0.39, 0.29) is 11.5 Å². The van der Waals surface area contributed by atoms with Crippen LogP contribution in [-0.4, -0.2) is 27.2 Å². The van der Waals surface area contributed by atoms with Crippen LogP contribution < -0.4 is 5.32 Å². The van der Waals surface area contributed by atoms with Crippen molar-refractivity contribution < 1.29 is 5.11 Å². The molecule has 2 unspecified atom stereocenters. The van der Waals surface area contributed by atoms with Crippen molar-refractivity contribution in [2.45, 2.75) is 32.4 Å². The second kappa shape index (κ2) is 4.38. The fourth-order valence-corrected chi connectivity index (χ4v) is 2.51. The minimum Gasteiger partial charge on any atom is -0.392 e. The van der Waals surface area contributed by atoms with Crippen LogP contribution in [0, 0.1) is 5.41 Å². The maximum Gasteiger partial charge on any atom is 0.0924 e. The number of hydrogen-bond acceptors (Lipinski definition) is 3. The zero-order chi connectivity index (χ0) is 13.5. The van der Waals surface area contributed by atoms with Gasteiger partial charge in [-0.05, 0) is 24.1 Å². The summed E-state index contributed by atoms with van der Waals surface area (Å²) in [6.45, 7) is 4.19. The Balaban J connectivity index is 1.70. The summed E-state index contributed by atoms with van der Waals surface area (Å²) in [5, 5.41) is 13.2. The van der Waals surface area contributed by atoms with Crippen LogP contribution in [0.1, 0.15) is 20.3 Å². The van der Waals surface area contributed by atoms with Crippen LogP contribution in [0.15, 0.2) is 36.8 Å². The molecule has 3 rings (SSSR count). The van der Waals surface area contributed by atoms with Crippen LogP contribution in [0.4, 0.5) is 5.69 Å². The summed E-state index contributed by atoms with van der Waals surface area (Å²) in [5.41, 5.74) is 3.18. The van der Waals surface area contributed by atoms with E-state index in [9.17, 15) is 5.11 Å². The fourth-order valence-electron chi connectivity index (χ4n) is 2.51. The van der Waals surface area contributed by atoms with Gasteiger partial charge in [0.1, 0.15) is 0 Å². The van der Waals surface area contributed by atoms with E-state index >= 15 is 0 Å². The molecule has 100 valence electrons. The van der Waals surface area contributed by atoms with Crippen molar-refractivity contribution in [1.82, 2.24) is 9.97 Å². The average molecular weight is 257 g/mol. The smallest absolute Gasteiger partial charge is 0.0924 e. The molecule has 0 amide bonds. The number of nitrogens with one attached hydrogen (secondary N) is 2. The van der Waals surface area contributed by atoms with Crippen LogP contribution in [0.25, 0.3) is 11.3 Å². The van der Waals surface area contributed by atoms with Gasteiger partial charge in [-0.1, -0.05) is 26.0 Å². The second-order valence-electron chi connectivity index (χ2n) is 5.81. The highest BCUT2D eigenvalue weighted by Crippen LogP contribution is 2.42. The van der Waals surface area contributed by atoms with E-state index < -0.39 is 0 Å². The molecular formula is C15H19N3O. The molecule has 4 nitrogen and oxygen atoms in total. The number of aromatic amines is 1. The number of benzene rings is 1. The molecule has 1 aliphatic rings. The topological polar surface area (TPSA) is 60.9 Å². The lowest BCUT2D eigenvalue weighted by molar-refractivity contribution is -0.0510. The van der Waals surface area contributed by atoms with Crippen LogP contribution in [0.3, 0.4) is 0 Å². The first-order valence-electron chi connectivity index (χ1n) is 6.61. The number of rotatable bonds is 3. The Hall–Kier alpha value is -1.81. The van der Waals surface area contributed by atoms with Gasteiger partial charge in [0.25, 0.3) is 0 Å². The highest BCUT2D eigenvalue weighted by Gasteiger charge is 2.47. The van der Waals surface area contributed by atoms with Gasteiger partial charge in [-0.25, -0.2) is 4.98 Å². The van der Waals surface area contributed by atoms with Crippen LogP contribution in [0.5, 0.6) is 0 Å². The Kier molecular flexibility index (Phi) is 2.82. The number of H-pyrrole nitrogens is 1. The standard InChI is InChI=1S/C15H19N3O/c1-15(2)13(7-14(15)19)18-11-5-3-10(4-6-11)12-8-16-9-17-12/h3-6,8-9,13-14,18-19H,7H2,1-2H3,(H,16,17). The number of aliphatic hydroxyl groups excluding tert-OH is 1. The number of imidazole rings is 1. The van der Waals surface area contributed by atoms with E-state index in [1.165, 1.54) is 0 Å². The Bertz CT molecular complexity index is 545. The van der Waals surface area contributed by atoms with Gasteiger partial charge in [-0.3, -0.25) is 0 Å². The molecule has 1 aromatic heterocycles. The highest BCUT2D eigenvalue weighted by molar-refractivity contribution is 5.62. The van der Waals surface area contributed by atoms with Crippen molar-refractivity contribution in [2.75, 3.05) is 5.32 Å². The van der Waals surface area contributed by atoms with Gasteiger partial charge in [0, 0.05) is 17.1 Å². The summed E-state index contributed by atoms with van der Waals surface area (Å²) in [6.07, 6.45) is 4.11. The molecule has 0 aliphatic heterocycles. The van der Waals surface area contributed by atoms with Gasteiger partial charge in [-0.15, -0.1) is 0 Å². The van der Waals surface area contributed by atoms with Crippen molar-refractivity contribution in [3.05, 3.63) is 36.8 Å². The minimum atomic E-state index is -0.200. The SMILES string of the molecule is CC1(C)C(O)CC1Nc1ccc(-c2cnc[nH]2)cc1. The Morgan fingerprint density at radius 1 is 1.32 bits per heavy atom. The first-order chi connectivity index (χ1) is 9.07. The molecule has 1 saturated carbocycles. The lowest BCUT2D eigenvalue weighted by Crippen LogP contribution is -2.56. The number of nitrogens with zero attached hydrogens (tertiary/aromatic N) is 1. The summed E-state index contributed by atoms with van der Waals surface area (Å²) >= 11 is 0. The largest absolute Gasteiger partial charge is 0.392 e. The predicted molar refractivity (Wildman–Crippen MR) is 75.8 cm³/mol. The number of anilines is 1. The summed E-state index contributed by atoms with van der Waals surface area (Å²) < 4.78 is 0. The molecule has 2 atom stereocenters. The normalized spacial score (nSPS) is 24.8. The summed E-state index contributed by atoms with van der Waals surface area (Å²) in [6, 6.07) is 8.60. The third-order valence-electron chi connectivity index (χ3n) is 4.25. The van der Waals surface area contributed by atoms with Crippen LogP contribution in [0.2, 0.25) is 0 Å². The lowest BCUT2D eigenvalue weighted by atomic mass is 9.64. The summed E-state index contributed by atoms with van der Waals surface area (Å²) in [4.78, 5) is 7.11. The molecule has 0 bridgehead atoms. The minimum absolute atomic E-state index is 0.0535. The number of aliphatic hydroxyl groups is 1. The van der Waals surface area contributed by atoms with E-state index in [1.807, 2.05) is 6.20 Å². The third kappa shape index (κ3) is 2.12. The Labute approximate surface area is 112 Å². The van der Waals surface area contributed by atoms with Crippen molar-refractivity contribution in [3.8, 4) is 11.3 Å². The Morgan fingerprint density at radius 2 is 2.05 bits per heavy atom. The molecule has 3 N–H and O–H groups in total. The highest BCUT2D eigenvalue weighted by atomic mass is 16.3. The number of aromatic nitrogens is 2. The van der Waals surface area contributed by atoms with Crippen molar-refractivity contribution in [3.63, 3.8) is 0 Å². The molecule has 2 aromatic rings. The van der Waals surface area contributed by atoms with E-state index in [2.05, 4.69) is 53.4 Å². The van der Waals surface area contributed by atoms with Gasteiger partial charge in [-0.2, -0.15) is 0 Å².